The lowest BCUT2D eigenvalue weighted by Crippen LogP contribution is -1.89. The first-order valence-electron chi connectivity index (χ1n) is 6.23. The van der Waals surface area contributed by atoms with Crippen LogP contribution in [0.2, 0.25) is 0 Å². The number of H-pyrrole nitrogens is 1. The lowest BCUT2D eigenvalue weighted by Gasteiger charge is -2.01. The molecule has 0 atom stereocenters. The van der Waals surface area contributed by atoms with E-state index in [1.54, 1.807) is 4.52 Å². The van der Waals surface area contributed by atoms with Gasteiger partial charge in [-0.25, -0.2) is 14.5 Å². The Hall–Kier alpha value is -2.73. The third-order valence-electron chi connectivity index (χ3n) is 3.34. The standard InChI is InChI=1S/C14H11N5O/c20-7-10-2-3-11-12(5-15-14(11)18-10)9-1-4-13-16-8-17-19(13)6-9/h1-6,8,20H,7H2,(H,15,18). The van der Waals surface area contributed by atoms with Crippen LogP contribution in [0, 0.1) is 0 Å². The van der Waals surface area contributed by atoms with Crippen molar-refractivity contribution in [2.75, 3.05) is 0 Å². The molecule has 0 aliphatic rings. The number of aliphatic hydroxyl groups is 1. The van der Waals surface area contributed by atoms with Crippen LogP contribution in [-0.4, -0.2) is 29.7 Å². The summed E-state index contributed by atoms with van der Waals surface area (Å²) >= 11 is 0. The maximum atomic E-state index is 9.12. The van der Waals surface area contributed by atoms with E-state index in [2.05, 4.69) is 20.1 Å². The normalized spacial score (nSPS) is 11.4. The van der Waals surface area contributed by atoms with E-state index in [0.29, 0.717) is 5.69 Å². The van der Waals surface area contributed by atoms with Crippen LogP contribution in [0.3, 0.4) is 0 Å². The number of hydrogen-bond acceptors (Lipinski definition) is 4. The van der Waals surface area contributed by atoms with Gasteiger partial charge < -0.3 is 10.1 Å². The summed E-state index contributed by atoms with van der Waals surface area (Å²) in [6.45, 7) is -0.0603. The summed E-state index contributed by atoms with van der Waals surface area (Å²) in [5.74, 6) is 0. The smallest absolute Gasteiger partial charge is 0.155 e. The van der Waals surface area contributed by atoms with Gasteiger partial charge in [-0.05, 0) is 24.3 Å². The molecule has 0 spiro atoms. The summed E-state index contributed by atoms with van der Waals surface area (Å²) < 4.78 is 1.74. The van der Waals surface area contributed by atoms with Crippen molar-refractivity contribution in [1.82, 2.24) is 24.6 Å². The van der Waals surface area contributed by atoms with Crippen molar-refractivity contribution >= 4 is 16.7 Å². The second-order valence-electron chi connectivity index (χ2n) is 4.54. The van der Waals surface area contributed by atoms with Crippen LogP contribution in [0.1, 0.15) is 5.69 Å². The molecule has 4 aromatic rings. The Bertz CT molecular complexity index is 908. The first-order valence-corrected chi connectivity index (χ1v) is 6.23. The lowest BCUT2D eigenvalue weighted by molar-refractivity contribution is 0.277. The number of aromatic amines is 1. The quantitative estimate of drug-likeness (QED) is 0.579. The zero-order chi connectivity index (χ0) is 13.5. The number of aromatic nitrogens is 5. The molecule has 0 aliphatic heterocycles. The summed E-state index contributed by atoms with van der Waals surface area (Å²) in [7, 11) is 0. The Morgan fingerprint density at radius 2 is 2.15 bits per heavy atom. The number of aliphatic hydroxyl groups excluding tert-OH is 1. The maximum Gasteiger partial charge on any atom is 0.155 e. The molecular weight excluding hydrogens is 254 g/mol. The highest BCUT2D eigenvalue weighted by Gasteiger charge is 2.09. The third kappa shape index (κ3) is 1.59. The highest BCUT2D eigenvalue weighted by molar-refractivity contribution is 5.93. The second-order valence-corrected chi connectivity index (χ2v) is 4.54. The van der Waals surface area contributed by atoms with Gasteiger partial charge in [0.25, 0.3) is 0 Å². The van der Waals surface area contributed by atoms with Crippen LogP contribution < -0.4 is 0 Å². The molecule has 0 unspecified atom stereocenters. The van der Waals surface area contributed by atoms with E-state index in [0.717, 1.165) is 27.8 Å². The summed E-state index contributed by atoms with van der Waals surface area (Å²) in [5, 5.41) is 14.3. The molecule has 6 nitrogen and oxygen atoms in total. The van der Waals surface area contributed by atoms with E-state index in [4.69, 9.17) is 5.11 Å². The van der Waals surface area contributed by atoms with Gasteiger partial charge in [0.05, 0.1) is 12.3 Å². The fraction of sp³-hybridized carbons (Fsp3) is 0.0714. The molecule has 4 rings (SSSR count). The summed E-state index contributed by atoms with van der Waals surface area (Å²) in [5.41, 5.74) is 4.32. The van der Waals surface area contributed by atoms with Crippen LogP contribution in [0.25, 0.3) is 27.8 Å². The average Bonchev–Trinajstić information content (AvgIpc) is 3.11. The molecule has 0 saturated carbocycles. The first-order chi connectivity index (χ1) is 9.85. The van der Waals surface area contributed by atoms with Gasteiger partial charge in [0.15, 0.2) is 5.65 Å². The van der Waals surface area contributed by atoms with Crippen molar-refractivity contribution in [2.45, 2.75) is 6.61 Å². The maximum absolute atomic E-state index is 9.12. The molecule has 0 amide bonds. The predicted octanol–water partition coefficient (Wildman–Crippen LogP) is 1.76. The molecule has 0 aromatic carbocycles. The number of fused-ring (bicyclic) bond motifs is 2. The van der Waals surface area contributed by atoms with Gasteiger partial charge in [0.2, 0.25) is 0 Å². The fourth-order valence-corrected chi connectivity index (χ4v) is 2.35. The molecule has 20 heavy (non-hydrogen) atoms. The highest BCUT2D eigenvalue weighted by atomic mass is 16.3. The largest absolute Gasteiger partial charge is 0.390 e. The molecule has 6 heteroatoms. The number of nitrogens with zero attached hydrogens (tertiary/aromatic N) is 4. The van der Waals surface area contributed by atoms with Gasteiger partial charge in [-0.1, -0.05) is 0 Å². The van der Waals surface area contributed by atoms with E-state index in [-0.39, 0.29) is 6.61 Å². The molecule has 0 saturated heterocycles. The molecule has 0 fully saturated rings. The van der Waals surface area contributed by atoms with E-state index in [9.17, 15) is 0 Å². The Morgan fingerprint density at radius 1 is 1.20 bits per heavy atom. The Labute approximate surface area is 113 Å². The lowest BCUT2D eigenvalue weighted by atomic mass is 10.1. The van der Waals surface area contributed by atoms with Gasteiger partial charge in [0, 0.05) is 28.9 Å². The van der Waals surface area contributed by atoms with Gasteiger partial charge in [-0.3, -0.25) is 0 Å². The monoisotopic (exact) mass is 265 g/mol. The van der Waals surface area contributed by atoms with Gasteiger partial charge in [-0.2, -0.15) is 5.10 Å². The minimum atomic E-state index is -0.0603. The van der Waals surface area contributed by atoms with Crippen LogP contribution in [-0.2, 0) is 6.61 Å². The van der Waals surface area contributed by atoms with Gasteiger partial charge in [0.1, 0.15) is 12.0 Å². The Balaban J connectivity index is 1.92. The molecule has 4 heterocycles. The molecular formula is C14H11N5O. The summed E-state index contributed by atoms with van der Waals surface area (Å²) in [4.78, 5) is 11.6. The van der Waals surface area contributed by atoms with Gasteiger partial charge >= 0.3 is 0 Å². The predicted molar refractivity (Wildman–Crippen MR) is 74.0 cm³/mol. The van der Waals surface area contributed by atoms with Gasteiger partial charge in [-0.15, -0.1) is 0 Å². The molecule has 4 aromatic heterocycles. The Morgan fingerprint density at radius 3 is 3.05 bits per heavy atom. The van der Waals surface area contributed by atoms with Crippen molar-refractivity contribution in [2.24, 2.45) is 0 Å². The van der Waals surface area contributed by atoms with Crippen LogP contribution >= 0.6 is 0 Å². The third-order valence-corrected chi connectivity index (χ3v) is 3.34. The molecule has 2 N–H and O–H groups in total. The zero-order valence-electron chi connectivity index (χ0n) is 10.5. The van der Waals surface area contributed by atoms with Crippen LogP contribution in [0.4, 0.5) is 0 Å². The number of hydrogen-bond donors (Lipinski definition) is 2. The van der Waals surface area contributed by atoms with Crippen LogP contribution in [0.15, 0.2) is 43.0 Å². The second kappa shape index (κ2) is 4.14. The molecule has 0 radical (unpaired) electrons. The van der Waals surface area contributed by atoms with E-state index < -0.39 is 0 Å². The topological polar surface area (TPSA) is 79.1 Å². The molecule has 0 bridgehead atoms. The highest BCUT2D eigenvalue weighted by Crippen LogP contribution is 2.27. The van der Waals surface area contributed by atoms with Crippen LogP contribution in [0.5, 0.6) is 0 Å². The van der Waals surface area contributed by atoms with Crippen molar-refractivity contribution in [3.63, 3.8) is 0 Å². The van der Waals surface area contributed by atoms with Crippen molar-refractivity contribution < 1.29 is 5.11 Å². The van der Waals surface area contributed by atoms with E-state index in [1.165, 1.54) is 6.33 Å². The Kier molecular flexibility index (Phi) is 2.30. The molecule has 0 aliphatic carbocycles. The average molecular weight is 265 g/mol. The summed E-state index contributed by atoms with van der Waals surface area (Å²) in [6.07, 6.45) is 5.38. The van der Waals surface area contributed by atoms with Crippen molar-refractivity contribution in [3.05, 3.63) is 48.7 Å². The SMILES string of the molecule is OCc1ccc2c(-c3ccc4ncnn4c3)c[nH]c2n1. The molecule has 98 valence electrons. The minimum absolute atomic E-state index is 0.0603. The van der Waals surface area contributed by atoms with E-state index >= 15 is 0 Å². The van der Waals surface area contributed by atoms with Crippen molar-refractivity contribution in [3.8, 4) is 11.1 Å². The van der Waals surface area contributed by atoms with Crippen molar-refractivity contribution in [1.29, 1.82) is 0 Å². The minimum Gasteiger partial charge on any atom is -0.390 e. The zero-order valence-corrected chi connectivity index (χ0v) is 10.5. The number of nitrogens with one attached hydrogen (secondary N) is 1. The summed E-state index contributed by atoms with van der Waals surface area (Å²) in [6, 6.07) is 7.72. The number of pyridine rings is 2. The number of rotatable bonds is 2. The van der Waals surface area contributed by atoms with E-state index in [1.807, 2.05) is 36.7 Å². The first kappa shape index (κ1) is 11.1. The fourth-order valence-electron chi connectivity index (χ4n) is 2.35.